The van der Waals surface area contributed by atoms with Crippen LogP contribution in [0.2, 0.25) is 0 Å². The minimum Gasteiger partial charge on any atom is -0.317 e. The van der Waals surface area contributed by atoms with Gasteiger partial charge >= 0.3 is 0 Å². The average molecular weight is 288 g/mol. The van der Waals surface area contributed by atoms with E-state index < -0.39 is 0 Å². The van der Waals surface area contributed by atoms with Crippen LogP contribution in [-0.2, 0) is 6.54 Å². The molecule has 0 bridgehead atoms. The van der Waals surface area contributed by atoms with Gasteiger partial charge in [-0.25, -0.2) is 0 Å². The van der Waals surface area contributed by atoms with Crippen molar-refractivity contribution >= 4 is 0 Å². The first-order valence-electron chi connectivity index (χ1n) is 8.62. The van der Waals surface area contributed by atoms with Crippen LogP contribution in [0.1, 0.15) is 44.6 Å². The zero-order chi connectivity index (χ0) is 15.1. The van der Waals surface area contributed by atoms with Crippen LogP contribution in [0.15, 0.2) is 30.3 Å². The number of nitrogens with one attached hydrogen (secondary N) is 1. The van der Waals surface area contributed by atoms with E-state index in [0.717, 1.165) is 18.4 Å². The molecule has 1 aromatic rings. The molecule has 1 aliphatic rings. The molecular weight excluding hydrogens is 256 g/mol. The van der Waals surface area contributed by atoms with Crippen molar-refractivity contribution in [1.82, 2.24) is 10.2 Å². The van der Waals surface area contributed by atoms with Crippen molar-refractivity contribution in [1.29, 1.82) is 0 Å². The molecule has 0 amide bonds. The highest BCUT2D eigenvalue weighted by molar-refractivity contribution is 5.14. The molecule has 0 radical (unpaired) electrons. The second-order valence-electron chi connectivity index (χ2n) is 6.81. The number of hydrogen-bond acceptors (Lipinski definition) is 2. The molecule has 3 atom stereocenters. The summed E-state index contributed by atoms with van der Waals surface area (Å²) in [5.74, 6) is 1.75. The summed E-state index contributed by atoms with van der Waals surface area (Å²) in [6, 6.07) is 11.5. The average Bonchev–Trinajstić information content (AvgIpc) is 2.49. The Morgan fingerprint density at radius 3 is 2.62 bits per heavy atom. The van der Waals surface area contributed by atoms with Crippen molar-refractivity contribution < 1.29 is 0 Å². The fraction of sp³-hybridized carbons (Fsp3) is 0.684. The van der Waals surface area contributed by atoms with Gasteiger partial charge < -0.3 is 10.2 Å². The summed E-state index contributed by atoms with van der Waals surface area (Å²) >= 11 is 0. The third-order valence-corrected chi connectivity index (χ3v) is 5.00. The second-order valence-corrected chi connectivity index (χ2v) is 6.81. The number of benzene rings is 1. The fourth-order valence-corrected chi connectivity index (χ4v) is 3.97. The molecule has 2 heteroatoms. The third-order valence-electron chi connectivity index (χ3n) is 5.00. The van der Waals surface area contributed by atoms with Crippen LogP contribution in [0.5, 0.6) is 0 Å². The van der Waals surface area contributed by atoms with Gasteiger partial charge in [0.25, 0.3) is 0 Å². The molecular formula is C19H32N2. The van der Waals surface area contributed by atoms with Gasteiger partial charge in [0.1, 0.15) is 0 Å². The maximum atomic E-state index is 3.56. The highest BCUT2D eigenvalue weighted by Gasteiger charge is 2.29. The molecule has 118 valence electrons. The van der Waals surface area contributed by atoms with Crippen molar-refractivity contribution in [3.8, 4) is 0 Å². The van der Waals surface area contributed by atoms with Gasteiger partial charge in [-0.15, -0.1) is 0 Å². The highest BCUT2D eigenvalue weighted by atomic mass is 15.1. The van der Waals surface area contributed by atoms with Gasteiger partial charge in [-0.05, 0) is 50.8 Å². The second kappa shape index (κ2) is 8.55. The van der Waals surface area contributed by atoms with Crippen molar-refractivity contribution in [2.45, 2.75) is 51.6 Å². The molecule has 1 N–H and O–H groups in total. The summed E-state index contributed by atoms with van der Waals surface area (Å²) in [5.41, 5.74) is 1.42. The van der Waals surface area contributed by atoms with Crippen molar-refractivity contribution in [2.75, 3.05) is 20.6 Å². The van der Waals surface area contributed by atoms with Gasteiger partial charge in [-0.3, -0.25) is 0 Å². The molecule has 0 aliphatic heterocycles. The first-order valence-corrected chi connectivity index (χ1v) is 8.62. The van der Waals surface area contributed by atoms with Gasteiger partial charge in [-0.1, -0.05) is 50.1 Å². The van der Waals surface area contributed by atoms with E-state index >= 15 is 0 Å². The topological polar surface area (TPSA) is 15.3 Å². The minimum atomic E-state index is 0.705. The molecule has 0 aromatic heterocycles. The van der Waals surface area contributed by atoms with Gasteiger partial charge in [0.05, 0.1) is 0 Å². The first-order chi connectivity index (χ1) is 10.2. The van der Waals surface area contributed by atoms with Crippen LogP contribution >= 0.6 is 0 Å². The largest absolute Gasteiger partial charge is 0.317 e. The van der Waals surface area contributed by atoms with E-state index in [1.54, 1.807) is 0 Å². The van der Waals surface area contributed by atoms with Crippen LogP contribution < -0.4 is 5.32 Å². The number of nitrogens with zero attached hydrogens (tertiary/aromatic N) is 1. The Balaban J connectivity index is 1.88. The normalized spacial score (nSPS) is 26.2. The Hall–Kier alpha value is -0.860. The molecule has 3 unspecified atom stereocenters. The third kappa shape index (κ3) is 5.12. The van der Waals surface area contributed by atoms with Crippen LogP contribution in [0.3, 0.4) is 0 Å². The SMILES string of the molecule is CCCC1CCC(NC)C(CN(C)Cc2ccccc2)C1. The van der Waals surface area contributed by atoms with Gasteiger partial charge in [0, 0.05) is 19.1 Å². The van der Waals surface area contributed by atoms with Crippen LogP contribution in [0, 0.1) is 11.8 Å². The number of rotatable bonds is 7. The van der Waals surface area contributed by atoms with Gasteiger partial charge in [-0.2, -0.15) is 0 Å². The fourth-order valence-electron chi connectivity index (χ4n) is 3.97. The quantitative estimate of drug-likeness (QED) is 0.818. The van der Waals surface area contributed by atoms with E-state index in [2.05, 4.69) is 61.6 Å². The lowest BCUT2D eigenvalue weighted by molar-refractivity contribution is 0.151. The lowest BCUT2D eigenvalue weighted by Crippen LogP contribution is -2.43. The zero-order valence-electron chi connectivity index (χ0n) is 14.0. The Labute approximate surface area is 130 Å². The lowest BCUT2D eigenvalue weighted by atomic mass is 9.76. The predicted molar refractivity (Wildman–Crippen MR) is 91.4 cm³/mol. The van der Waals surface area contributed by atoms with Gasteiger partial charge in [0.2, 0.25) is 0 Å². The monoisotopic (exact) mass is 288 g/mol. The van der Waals surface area contributed by atoms with E-state index in [1.807, 2.05) is 0 Å². The molecule has 0 heterocycles. The van der Waals surface area contributed by atoms with E-state index in [0.29, 0.717) is 6.04 Å². The van der Waals surface area contributed by atoms with Crippen LogP contribution in [0.4, 0.5) is 0 Å². The van der Waals surface area contributed by atoms with Crippen LogP contribution in [-0.4, -0.2) is 31.6 Å². The van der Waals surface area contributed by atoms with Crippen molar-refractivity contribution in [3.63, 3.8) is 0 Å². The maximum Gasteiger partial charge on any atom is 0.0230 e. The lowest BCUT2D eigenvalue weighted by Gasteiger charge is -2.38. The molecule has 1 saturated carbocycles. The highest BCUT2D eigenvalue weighted by Crippen LogP contribution is 2.32. The predicted octanol–water partition coefficient (Wildman–Crippen LogP) is 3.92. The van der Waals surface area contributed by atoms with Crippen molar-refractivity contribution in [3.05, 3.63) is 35.9 Å². The number of hydrogen-bond donors (Lipinski definition) is 1. The smallest absolute Gasteiger partial charge is 0.0230 e. The summed E-state index contributed by atoms with van der Waals surface area (Å²) < 4.78 is 0. The van der Waals surface area contributed by atoms with Crippen LogP contribution in [0.25, 0.3) is 0 Å². The summed E-state index contributed by atoms with van der Waals surface area (Å²) in [6.45, 7) is 4.59. The van der Waals surface area contributed by atoms with E-state index in [9.17, 15) is 0 Å². The molecule has 2 rings (SSSR count). The Morgan fingerprint density at radius 2 is 1.95 bits per heavy atom. The Kier molecular flexibility index (Phi) is 6.72. The molecule has 1 aromatic carbocycles. The summed E-state index contributed by atoms with van der Waals surface area (Å²) in [5, 5.41) is 3.56. The van der Waals surface area contributed by atoms with E-state index in [4.69, 9.17) is 0 Å². The van der Waals surface area contributed by atoms with E-state index in [-0.39, 0.29) is 0 Å². The molecule has 21 heavy (non-hydrogen) atoms. The molecule has 2 nitrogen and oxygen atoms in total. The molecule has 1 aliphatic carbocycles. The molecule has 0 saturated heterocycles. The standard InChI is InChI=1S/C19H32N2/c1-4-8-16-11-12-19(20-2)18(13-16)15-21(3)14-17-9-6-5-7-10-17/h5-7,9-10,16,18-20H,4,8,11-15H2,1-3H3. The minimum absolute atomic E-state index is 0.705. The van der Waals surface area contributed by atoms with Crippen molar-refractivity contribution in [2.24, 2.45) is 11.8 Å². The Morgan fingerprint density at radius 1 is 1.19 bits per heavy atom. The molecule has 0 spiro atoms. The molecule has 1 fully saturated rings. The summed E-state index contributed by atoms with van der Waals surface area (Å²) in [6.07, 6.45) is 6.92. The summed E-state index contributed by atoms with van der Waals surface area (Å²) in [4.78, 5) is 2.50. The van der Waals surface area contributed by atoms with E-state index in [1.165, 1.54) is 44.2 Å². The maximum absolute atomic E-state index is 3.56. The Bertz CT molecular complexity index is 390. The first kappa shape index (κ1) is 16.5. The zero-order valence-corrected chi connectivity index (χ0v) is 14.0. The summed E-state index contributed by atoms with van der Waals surface area (Å²) in [7, 11) is 4.40. The van der Waals surface area contributed by atoms with Gasteiger partial charge in [0.15, 0.2) is 0 Å².